The first-order valence-electron chi connectivity index (χ1n) is 6.51. The van der Waals surface area contributed by atoms with E-state index >= 15 is 0 Å². The molecule has 0 aliphatic heterocycles. The Morgan fingerprint density at radius 1 is 1.45 bits per heavy atom. The van der Waals surface area contributed by atoms with Crippen molar-refractivity contribution in [1.29, 1.82) is 0 Å². The number of nitrogens with zero attached hydrogens (tertiary/aromatic N) is 4. The summed E-state index contributed by atoms with van der Waals surface area (Å²) in [6.07, 6.45) is 4.18. The lowest BCUT2D eigenvalue weighted by molar-refractivity contribution is -0.124. The van der Waals surface area contributed by atoms with Gasteiger partial charge in [0.2, 0.25) is 5.91 Å². The standard InChI is InChI=1S/C13H17N5O2/c1-3-7-14-13(20)10(2)18-12(19)6-5-11(16-18)17-9-4-8-15-17/h4-6,8-10H,3,7H2,1-2H3,(H,14,20). The largest absolute Gasteiger partial charge is 0.354 e. The molecule has 20 heavy (non-hydrogen) atoms. The first-order valence-corrected chi connectivity index (χ1v) is 6.51. The van der Waals surface area contributed by atoms with Crippen LogP contribution in [0.3, 0.4) is 0 Å². The smallest absolute Gasteiger partial charge is 0.267 e. The van der Waals surface area contributed by atoms with Gasteiger partial charge in [0, 0.05) is 25.0 Å². The number of rotatable bonds is 5. The zero-order valence-corrected chi connectivity index (χ0v) is 11.5. The third kappa shape index (κ3) is 2.93. The second kappa shape index (κ2) is 6.14. The molecule has 1 unspecified atom stereocenters. The first-order chi connectivity index (χ1) is 9.63. The van der Waals surface area contributed by atoms with Crippen LogP contribution in [0.25, 0.3) is 5.82 Å². The Hall–Kier alpha value is -2.44. The molecular weight excluding hydrogens is 258 g/mol. The maximum Gasteiger partial charge on any atom is 0.267 e. The molecule has 106 valence electrons. The van der Waals surface area contributed by atoms with Gasteiger partial charge < -0.3 is 5.32 Å². The fourth-order valence-corrected chi connectivity index (χ4v) is 1.73. The van der Waals surface area contributed by atoms with Crippen molar-refractivity contribution in [3.8, 4) is 5.82 Å². The number of amides is 1. The van der Waals surface area contributed by atoms with Gasteiger partial charge in [-0.1, -0.05) is 6.92 Å². The quantitative estimate of drug-likeness (QED) is 0.862. The molecule has 1 amide bonds. The lowest BCUT2D eigenvalue weighted by atomic mass is 10.3. The molecule has 2 rings (SSSR count). The molecule has 1 N–H and O–H groups in total. The van der Waals surface area contributed by atoms with Crippen LogP contribution in [0.4, 0.5) is 0 Å². The number of carbonyl (C=O) groups is 1. The summed E-state index contributed by atoms with van der Waals surface area (Å²) in [4.78, 5) is 23.8. The summed E-state index contributed by atoms with van der Waals surface area (Å²) in [5, 5.41) is 11.0. The van der Waals surface area contributed by atoms with E-state index in [4.69, 9.17) is 0 Å². The highest BCUT2D eigenvalue weighted by atomic mass is 16.2. The summed E-state index contributed by atoms with van der Waals surface area (Å²) in [7, 11) is 0. The third-order valence-electron chi connectivity index (χ3n) is 2.85. The molecule has 0 fully saturated rings. The minimum Gasteiger partial charge on any atom is -0.354 e. The van der Waals surface area contributed by atoms with E-state index in [9.17, 15) is 9.59 Å². The maximum atomic E-state index is 11.9. The van der Waals surface area contributed by atoms with Crippen molar-refractivity contribution in [2.45, 2.75) is 26.3 Å². The normalized spacial score (nSPS) is 12.1. The summed E-state index contributed by atoms with van der Waals surface area (Å²) in [5.74, 6) is 0.267. The zero-order chi connectivity index (χ0) is 14.5. The van der Waals surface area contributed by atoms with Crippen molar-refractivity contribution in [2.24, 2.45) is 0 Å². The van der Waals surface area contributed by atoms with Gasteiger partial charge in [-0.25, -0.2) is 9.36 Å². The third-order valence-corrected chi connectivity index (χ3v) is 2.85. The molecule has 0 aliphatic rings. The Morgan fingerprint density at radius 2 is 2.25 bits per heavy atom. The number of hydrogen-bond donors (Lipinski definition) is 1. The van der Waals surface area contributed by atoms with Crippen LogP contribution in [0.15, 0.2) is 35.4 Å². The number of hydrogen-bond acceptors (Lipinski definition) is 4. The van der Waals surface area contributed by atoms with Crippen molar-refractivity contribution >= 4 is 5.91 Å². The molecule has 2 aromatic rings. The Labute approximate surface area is 116 Å². The maximum absolute atomic E-state index is 11.9. The Morgan fingerprint density at radius 3 is 2.90 bits per heavy atom. The van der Waals surface area contributed by atoms with Gasteiger partial charge in [0.25, 0.3) is 5.56 Å². The molecule has 0 bridgehead atoms. The van der Waals surface area contributed by atoms with Crippen LogP contribution in [0.5, 0.6) is 0 Å². The van der Waals surface area contributed by atoms with Gasteiger partial charge in [-0.15, -0.1) is 5.10 Å². The zero-order valence-electron chi connectivity index (χ0n) is 11.5. The van der Waals surface area contributed by atoms with Crippen LogP contribution >= 0.6 is 0 Å². The van der Waals surface area contributed by atoms with Crippen molar-refractivity contribution in [2.75, 3.05) is 6.54 Å². The predicted octanol–water partition coefficient (Wildman–Crippen LogP) is 0.516. The monoisotopic (exact) mass is 275 g/mol. The minimum absolute atomic E-state index is 0.223. The van der Waals surface area contributed by atoms with Crippen LogP contribution in [-0.4, -0.2) is 32.0 Å². The fourth-order valence-electron chi connectivity index (χ4n) is 1.73. The molecule has 7 heteroatoms. The van der Waals surface area contributed by atoms with Crippen molar-refractivity contribution < 1.29 is 4.79 Å². The first kappa shape index (κ1) is 14.0. The molecule has 0 aromatic carbocycles. The summed E-state index contributed by atoms with van der Waals surface area (Å²) in [6.45, 7) is 4.19. The van der Waals surface area contributed by atoms with E-state index in [1.165, 1.54) is 15.4 Å². The average Bonchev–Trinajstić information content (AvgIpc) is 2.98. The molecule has 2 heterocycles. The van der Waals surface area contributed by atoms with E-state index in [1.807, 2.05) is 6.92 Å². The summed E-state index contributed by atoms with van der Waals surface area (Å²) < 4.78 is 2.70. The van der Waals surface area contributed by atoms with E-state index in [0.717, 1.165) is 6.42 Å². The van der Waals surface area contributed by atoms with E-state index in [0.29, 0.717) is 12.4 Å². The predicted molar refractivity (Wildman–Crippen MR) is 73.6 cm³/mol. The lowest BCUT2D eigenvalue weighted by Crippen LogP contribution is -2.37. The van der Waals surface area contributed by atoms with Crippen LogP contribution in [0.2, 0.25) is 0 Å². The second-order valence-corrected chi connectivity index (χ2v) is 4.39. The highest BCUT2D eigenvalue weighted by Gasteiger charge is 2.17. The van der Waals surface area contributed by atoms with E-state index in [2.05, 4.69) is 15.5 Å². The second-order valence-electron chi connectivity index (χ2n) is 4.39. The Balaban J connectivity index is 2.29. The van der Waals surface area contributed by atoms with Gasteiger partial charge in [0.15, 0.2) is 5.82 Å². The van der Waals surface area contributed by atoms with E-state index in [1.54, 1.807) is 31.5 Å². The molecular formula is C13H17N5O2. The number of nitrogens with one attached hydrogen (secondary N) is 1. The van der Waals surface area contributed by atoms with Crippen molar-refractivity contribution in [3.05, 3.63) is 40.9 Å². The Kier molecular flexibility index (Phi) is 4.29. The highest BCUT2D eigenvalue weighted by Crippen LogP contribution is 2.04. The minimum atomic E-state index is -0.662. The van der Waals surface area contributed by atoms with Gasteiger partial charge in [-0.3, -0.25) is 9.59 Å². The molecule has 0 saturated heterocycles. The average molecular weight is 275 g/mol. The molecule has 1 atom stereocenters. The summed E-state index contributed by atoms with van der Waals surface area (Å²) in [5.41, 5.74) is -0.319. The van der Waals surface area contributed by atoms with E-state index < -0.39 is 6.04 Å². The fraction of sp³-hybridized carbons (Fsp3) is 0.385. The molecule has 2 aromatic heterocycles. The van der Waals surface area contributed by atoms with Crippen LogP contribution in [0, 0.1) is 0 Å². The molecule has 0 saturated carbocycles. The van der Waals surface area contributed by atoms with Crippen molar-refractivity contribution in [3.63, 3.8) is 0 Å². The number of carbonyl (C=O) groups excluding carboxylic acids is 1. The molecule has 7 nitrogen and oxygen atoms in total. The van der Waals surface area contributed by atoms with Crippen LogP contribution in [0.1, 0.15) is 26.3 Å². The molecule has 0 radical (unpaired) electrons. The Bertz CT molecular complexity index is 632. The summed E-state index contributed by atoms with van der Waals surface area (Å²) >= 11 is 0. The van der Waals surface area contributed by atoms with Gasteiger partial charge in [-0.05, 0) is 25.5 Å². The summed E-state index contributed by atoms with van der Waals surface area (Å²) in [6, 6.07) is 4.05. The van der Waals surface area contributed by atoms with Gasteiger partial charge in [0.1, 0.15) is 6.04 Å². The topological polar surface area (TPSA) is 81.8 Å². The molecule has 0 spiro atoms. The number of aromatic nitrogens is 4. The van der Waals surface area contributed by atoms with Crippen LogP contribution < -0.4 is 10.9 Å². The van der Waals surface area contributed by atoms with Gasteiger partial charge in [0.05, 0.1) is 0 Å². The van der Waals surface area contributed by atoms with Gasteiger partial charge in [-0.2, -0.15) is 5.10 Å². The van der Waals surface area contributed by atoms with E-state index in [-0.39, 0.29) is 11.5 Å². The molecule has 0 aliphatic carbocycles. The SMILES string of the molecule is CCCNC(=O)C(C)n1nc(-n2cccn2)ccc1=O. The van der Waals surface area contributed by atoms with Crippen LogP contribution in [-0.2, 0) is 4.79 Å². The lowest BCUT2D eigenvalue weighted by Gasteiger charge is -2.14. The van der Waals surface area contributed by atoms with Gasteiger partial charge >= 0.3 is 0 Å². The highest BCUT2D eigenvalue weighted by molar-refractivity contribution is 5.79. The van der Waals surface area contributed by atoms with Crippen molar-refractivity contribution in [1.82, 2.24) is 24.9 Å².